The molecule has 0 nitrogen and oxygen atoms in total. The molecule has 0 saturated carbocycles. The molecule has 0 aliphatic carbocycles. The summed E-state index contributed by atoms with van der Waals surface area (Å²) in [4.78, 5) is 0. The van der Waals surface area contributed by atoms with E-state index in [2.05, 4.69) is 7.85 Å². The van der Waals surface area contributed by atoms with E-state index in [9.17, 15) is 22.0 Å². The predicted octanol–water partition coefficient (Wildman–Crippen LogP) is 0.908. The summed E-state index contributed by atoms with van der Waals surface area (Å²) in [6, 6.07) is 0. The van der Waals surface area contributed by atoms with E-state index < -0.39 is 34.5 Å². The summed E-state index contributed by atoms with van der Waals surface area (Å²) in [6.07, 6.45) is 0. The Hall–Kier alpha value is -1.07. The van der Waals surface area contributed by atoms with E-state index in [-0.39, 0.29) is 0 Å². The molecular weight excluding hydrogens is 178 g/mol. The molecule has 0 aromatic heterocycles. The molecule has 0 heterocycles. The maximum atomic E-state index is 12.3. The van der Waals surface area contributed by atoms with E-state index in [0.29, 0.717) is 0 Å². The van der Waals surface area contributed by atoms with Crippen molar-refractivity contribution in [1.82, 2.24) is 0 Å². The van der Waals surface area contributed by atoms with E-state index in [1.807, 2.05) is 0 Å². The fourth-order valence-electron chi connectivity index (χ4n) is 0.650. The second kappa shape index (κ2) is 2.77. The Labute approximate surface area is 65.4 Å². The highest BCUT2D eigenvalue weighted by Gasteiger charge is 2.22. The first-order valence-electron chi connectivity index (χ1n) is 2.80. The molecule has 0 spiro atoms. The van der Waals surface area contributed by atoms with Crippen molar-refractivity contribution >= 4 is 13.3 Å². The first-order chi connectivity index (χ1) is 5.46. The van der Waals surface area contributed by atoms with Gasteiger partial charge in [-0.1, -0.05) is 0 Å². The highest BCUT2D eigenvalue weighted by atomic mass is 19.2. The predicted molar refractivity (Wildman–Crippen MR) is 33.0 cm³/mol. The Kier molecular flexibility index (Phi) is 2.08. The minimum atomic E-state index is -2.17. The quantitative estimate of drug-likeness (QED) is 0.240. The van der Waals surface area contributed by atoms with Crippen LogP contribution in [0.1, 0.15) is 0 Å². The van der Waals surface area contributed by atoms with Crippen LogP contribution in [0.2, 0.25) is 0 Å². The number of rotatable bonds is 0. The topological polar surface area (TPSA) is 0 Å². The standard InChI is InChI=1S/C6HBF5/c7-1-2(8)4(10)6(12)5(11)3(1)9/h7H. The van der Waals surface area contributed by atoms with Gasteiger partial charge in [-0.3, -0.25) is 0 Å². The zero-order valence-corrected chi connectivity index (χ0v) is 5.60. The van der Waals surface area contributed by atoms with Crippen molar-refractivity contribution in [2.45, 2.75) is 0 Å². The zero-order chi connectivity index (χ0) is 9.46. The normalized spacial score (nSPS) is 10.4. The second-order valence-corrected chi connectivity index (χ2v) is 2.05. The van der Waals surface area contributed by atoms with Gasteiger partial charge in [0.1, 0.15) is 7.85 Å². The summed E-state index contributed by atoms with van der Waals surface area (Å²) in [5.74, 6) is -9.91. The van der Waals surface area contributed by atoms with Gasteiger partial charge in [-0.05, 0) is 5.46 Å². The van der Waals surface area contributed by atoms with Gasteiger partial charge in [0.2, 0.25) is 0 Å². The van der Waals surface area contributed by atoms with Crippen LogP contribution in [0.15, 0.2) is 0 Å². The smallest absolute Gasteiger partial charge is 0.200 e. The zero-order valence-electron chi connectivity index (χ0n) is 5.60. The molecule has 1 radical (unpaired) electrons. The highest BCUT2D eigenvalue weighted by Crippen LogP contribution is 2.14. The molecule has 0 saturated heterocycles. The summed E-state index contributed by atoms with van der Waals surface area (Å²) in [6.45, 7) is 0. The lowest BCUT2D eigenvalue weighted by molar-refractivity contribution is 0.384. The number of hydrogen-bond donors (Lipinski definition) is 0. The number of benzene rings is 1. The van der Waals surface area contributed by atoms with Crippen molar-refractivity contribution in [1.29, 1.82) is 0 Å². The lowest BCUT2D eigenvalue weighted by Crippen LogP contribution is -2.20. The first-order valence-corrected chi connectivity index (χ1v) is 2.80. The minimum absolute atomic E-state index is 1.12. The average molecular weight is 179 g/mol. The molecular formula is C6HBF5. The van der Waals surface area contributed by atoms with Crippen LogP contribution in [0.3, 0.4) is 0 Å². The molecule has 0 aliphatic rings. The van der Waals surface area contributed by atoms with E-state index in [0.717, 1.165) is 0 Å². The van der Waals surface area contributed by atoms with E-state index in [1.165, 1.54) is 0 Å². The van der Waals surface area contributed by atoms with Crippen molar-refractivity contribution in [3.05, 3.63) is 29.1 Å². The second-order valence-electron chi connectivity index (χ2n) is 2.05. The van der Waals surface area contributed by atoms with Gasteiger partial charge in [-0.25, -0.2) is 22.0 Å². The maximum absolute atomic E-state index is 12.3. The lowest BCUT2D eigenvalue weighted by atomic mass is 9.94. The van der Waals surface area contributed by atoms with Crippen LogP contribution in [-0.4, -0.2) is 7.85 Å². The van der Waals surface area contributed by atoms with Gasteiger partial charge < -0.3 is 0 Å². The van der Waals surface area contributed by atoms with Crippen LogP contribution < -0.4 is 5.46 Å². The summed E-state index contributed by atoms with van der Waals surface area (Å²) in [5, 5.41) is 0. The molecule has 1 aromatic carbocycles. The molecule has 0 atom stereocenters. The lowest BCUT2D eigenvalue weighted by Gasteiger charge is -2.02. The highest BCUT2D eigenvalue weighted by molar-refractivity contribution is 6.32. The average Bonchev–Trinajstić information content (AvgIpc) is 2.08. The van der Waals surface area contributed by atoms with Gasteiger partial charge in [0, 0.05) is 0 Å². The molecule has 0 N–H and O–H groups in total. The third-order valence-corrected chi connectivity index (χ3v) is 1.30. The van der Waals surface area contributed by atoms with E-state index >= 15 is 0 Å². The summed E-state index contributed by atoms with van der Waals surface area (Å²) in [7, 11) is 2.69. The maximum Gasteiger partial charge on any atom is 0.200 e. The fraction of sp³-hybridized carbons (Fsp3) is 0. The Morgan fingerprint density at radius 2 is 0.833 bits per heavy atom. The van der Waals surface area contributed by atoms with Crippen molar-refractivity contribution < 1.29 is 22.0 Å². The van der Waals surface area contributed by atoms with Crippen LogP contribution in [0.25, 0.3) is 0 Å². The van der Waals surface area contributed by atoms with Gasteiger partial charge in [-0.15, -0.1) is 0 Å². The molecule has 0 aliphatic heterocycles. The molecule has 63 valence electrons. The Bertz CT molecular complexity index is 230. The molecule has 1 rings (SSSR count). The Morgan fingerprint density at radius 3 is 1.17 bits per heavy atom. The number of hydrogen-bond acceptors (Lipinski definition) is 0. The van der Waals surface area contributed by atoms with E-state index in [1.54, 1.807) is 0 Å². The van der Waals surface area contributed by atoms with Crippen LogP contribution in [-0.2, 0) is 0 Å². The first kappa shape index (κ1) is 9.03. The third kappa shape index (κ3) is 1.07. The fourth-order valence-corrected chi connectivity index (χ4v) is 0.650. The van der Waals surface area contributed by atoms with Gasteiger partial charge in [0.25, 0.3) is 0 Å². The number of halogens is 5. The summed E-state index contributed by atoms with van der Waals surface area (Å²) < 4.78 is 61.3. The molecule has 0 unspecified atom stereocenters. The van der Waals surface area contributed by atoms with Crippen LogP contribution in [0.4, 0.5) is 22.0 Å². The van der Waals surface area contributed by atoms with Gasteiger partial charge in [0.05, 0.1) is 0 Å². The van der Waals surface area contributed by atoms with E-state index in [4.69, 9.17) is 0 Å². The summed E-state index contributed by atoms with van der Waals surface area (Å²) >= 11 is 0. The van der Waals surface area contributed by atoms with Crippen molar-refractivity contribution in [2.75, 3.05) is 0 Å². The van der Waals surface area contributed by atoms with Crippen molar-refractivity contribution in [3.63, 3.8) is 0 Å². The molecule has 0 bridgehead atoms. The van der Waals surface area contributed by atoms with Gasteiger partial charge in [-0.2, -0.15) is 0 Å². The Balaban J connectivity index is 3.60. The SMILES string of the molecule is [BH]c1c(F)c(F)c(F)c(F)c1F. The monoisotopic (exact) mass is 179 g/mol. The molecule has 0 amide bonds. The Morgan fingerprint density at radius 1 is 0.583 bits per heavy atom. The van der Waals surface area contributed by atoms with Crippen LogP contribution >= 0.6 is 0 Å². The molecule has 1 aromatic rings. The van der Waals surface area contributed by atoms with Gasteiger partial charge in [0.15, 0.2) is 29.1 Å². The summed E-state index contributed by atoms with van der Waals surface area (Å²) in [5.41, 5.74) is -1.12. The van der Waals surface area contributed by atoms with Crippen LogP contribution in [0, 0.1) is 29.1 Å². The third-order valence-electron chi connectivity index (χ3n) is 1.30. The van der Waals surface area contributed by atoms with Gasteiger partial charge >= 0.3 is 0 Å². The minimum Gasteiger partial charge on any atom is -0.204 e. The molecule has 0 fully saturated rings. The largest absolute Gasteiger partial charge is 0.204 e. The molecule has 6 heteroatoms. The van der Waals surface area contributed by atoms with Crippen molar-refractivity contribution in [2.24, 2.45) is 0 Å². The van der Waals surface area contributed by atoms with Crippen LogP contribution in [0.5, 0.6) is 0 Å². The molecule has 12 heavy (non-hydrogen) atoms. The van der Waals surface area contributed by atoms with Crippen molar-refractivity contribution in [3.8, 4) is 0 Å².